The van der Waals surface area contributed by atoms with Crippen LogP contribution in [0.4, 0.5) is 16.2 Å². The zero-order valence-electron chi connectivity index (χ0n) is 12.9. The van der Waals surface area contributed by atoms with Crippen molar-refractivity contribution in [3.63, 3.8) is 0 Å². The summed E-state index contributed by atoms with van der Waals surface area (Å²) in [5, 5.41) is 4.06. The van der Waals surface area contributed by atoms with E-state index in [1.54, 1.807) is 22.9 Å². The molecule has 23 heavy (non-hydrogen) atoms. The number of anilines is 2. The number of pyridine rings is 1. The Labute approximate surface area is 140 Å². The summed E-state index contributed by atoms with van der Waals surface area (Å²) in [7, 11) is 0. The highest BCUT2D eigenvalue weighted by atomic mass is 32.2. The molecule has 0 fully saturated rings. The number of hydrogen-bond donors (Lipinski definition) is 1. The van der Waals surface area contributed by atoms with E-state index in [4.69, 9.17) is 0 Å². The van der Waals surface area contributed by atoms with Crippen LogP contribution in [-0.4, -0.2) is 23.3 Å². The molecule has 5 heteroatoms. The summed E-state index contributed by atoms with van der Waals surface area (Å²) in [5.41, 5.74) is 4.57. The number of rotatable bonds is 1. The Morgan fingerprint density at radius 3 is 3.04 bits per heavy atom. The Morgan fingerprint density at radius 2 is 2.09 bits per heavy atom. The number of benzene rings is 1. The lowest BCUT2D eigenvalue weighted by molar-refractivity contribution is 0.257. The standard InChI is InChI=1S/C18H19N3OS/c22-18(21-11-12-23-17-16(21)9-4-10-19-17)20-15-8-3-6-13-5-1-2-7-14(13)15/h3-4,6,8-10H,1-2,5,7,11-12H2,(H,20,22). The summed E-state index contributed by atoms with van der Waals surface area (Å²) in [4.78, 5) is 19.0. The van der Waals surface area contributed by atoms with Gasteiger partial charge in [0.05, 0.1) is 5.69 Å². The fraction of sp³-hybridized carbons (Fsp3) is 0.333. The van der Waals surface area contributed by atoms with E-state index in [0.29, 0.717) is 6.54 Å². The van der Waals surface area contributed by atoms with Crippen LogP contribution < -0.4 is 10.2 Å². The van der Waals surface area contributed by atoms with Crippen LogP contribution >= 0.6 is 11.8 Å². The molecule has 2 heterocycles. The third-order valence-corrected chi connectivity index (χ3v) is 5.45. The number of carbonyl (C=O) groups excluding carboxylic acids is 1. The van der Waals surface area contributed by atoms with Crippen molar-refractivity contribution in [1.29, 1.82) is 0 Å². The first-order valence-electron chi connectivity index (χ1n) is 8.10. The second-order valence-electron chi connectivity index (χ2n) is 5.91. The Hall–Kier alpha value is -2.01. The second kappa shape index (κ2) is 6.24. The van der Waals surface area contributed by atoms with Crippen molar-refractivity contribution < 1.29 is 4.79 Å². The quantitative estimate of drug-likeness (QED) is 0.858. The highest BCUT2D eigenvalue weighted by Crippen LogP contribution is 2.33. The van der Waals surface area contributed by atoms with Crippen LogP contribution in [0.5, 0.6) is 0 Å². The van der Waals surface area contributed by atoms with Gasteiger partial charge in [0.1, 0.15) is 5.03 Å². The van der Waals surface area contributed by atoms with Crippen molar-refractivity contribution in [2.24, 2.45) is 0 Å². The number of aryl methyl sites for hydroxylation is 1. The lowest BCUT2D eigenvalue weighted by Gasteiger charge is -2.29. The average Bonchev–Trinajstić information content (AvgIpc) is 2.61. The smallest absolute Gasteiger partial charge is 0.307 e. The van der Waals surface area contributed by atoms with Crippen molar-refractivity contribution in [3.8, 4) is 0 Å². The summed E-state index contributed by atoms with van der Waals surface area (Å²) < 4.78 is 0. The summed E-state index contributed by atoms with van der Waals surface area (Å²) in [6.45, 7) is 0.713. The van der Waals surface area contributed by atoms with Gasteiger partial charge in [-0.2, -0.15) is 0 Å². The van der Waals surface area contributed by atoms with Crippen LogP contribution in [-0.2, 0) is 12.8 Å². The number of nitrogens with one attached hydrogen (secondary N) is 1. The molecular weight excluding hydrogens is 306 g/mol. The normalized spacial score (nSPS) is 16.4. The fourth-order valence-electron chi connectivity index (χ4n) is 3.35. The van der Waals surface area contributed by atoms with Gasteiger partial charge < -0.3 is 5.32 Å². The van der Waals surface area contributed by atoms with Crippen LogP contribution in [0.3, 0.4) is 0 Å². The van der Waals surface area contributed by atoms with Gasteiger partial charge in [0.15, 0.2) is 0 Å². The molecule has 0 bridgehead atoms. The number of aromatic nitrogens is 1. The predicted octanol–water partition coefficient (Wildman–Crippen LogP) is 4.10. The molecule has 4 nitrogen and oxygen atoms in total. The number of urea groups is 1. The van der Waals surface area contributed by atoms with E-state index >= 15 is 0 Å². The van der Waals surface area contributed by atoms with E-state index in [9.17, 15) is 4.79 Å². The van der Waals surface area contributed by atoms with Gasteiger partial charge in [-0.1, -0.05) is 12.1 Å². The minimum absolute atomic E-state index is 0.0569. The largest absolute Gasteiger partial charge is 0.326 e. The van der Waals surface area contributed by atoms with Crippen molar-refractivity contribution in [3.05, 3.63) is 47.7 Å². The van der Waals surface area contributed by atoms with Gasteiger partial charge in [-0.25, -0.2) is 9.78 Å². The monoisotopic (exact) mass is 325 g/mol. The summed E-state index contributed by atoms with van der Waals surface area (Å²) in [6.07, 6.45) is 6.40. The molecule has 0 atom stereocenters. The first kappa shape index (κ1) is 14.6. The topological polar surface area (TPSA) is 45.2 Å². The second-order valence-corrected chi connectivity index (χ2v) is 6.99. The van der Waals surface area contributed by atoms with Gasteiger partial charge in [0, 0.05) is 24.2 Å². The maximum atomic E-state index is 12.8. The minimum atomic E-state index is -0.0569. The van der Waals surface area contributed by atoms with Gasteiger partial charge >= 0.3 is 6.03 Å². The van der Waals surface area contributed by atoms with E-state index in [0.717, 1.165) is 35.0 Å². The van der Waals surface area contributed by atoms with E-state index in [1.807, 2.05) is 24.3 Å². The first-order valence-corrected chi connectivity index (χ1v) is 9.08. The molecule has 0 saturated carbocycles. The van der Waals surface area contributed by atoms with Crippen LogP contribution in [0.25, 0.3) is 0 Å². The van der Waals surface area contributed by atoms with Crippen LogP contribution in [0.15, 0.2) is 41.6 Å². The molecule has 2 aromatic rings. The summed E-state index contributed by atoms with van der Waals surface area (Å²) in [6, 6.07) is 10.0. The molecular formula is C18H19N3OS. The molecule has 2 aliphatic rings. The van der Waals surface area contributed by atoms with Crippen molar-refractivity contribution in [1.82, 2.24) is 4.98 Å². The molecule has 1 aromatic carbocycles. The molecule has 0 radical (unpaired) electrons. The molecule has 118 valence electrons. The number of amides is 2. The number of carbonyl (C=O) groups is 1. The van der Waals surface area contributed by atoms with Gasteiger partial charge in [-0.05, 0) is 55.0 Å². The van der Waals surface area contributed by atoms with E-state index < -0.39 is 0 Å². The number of fused-ring (bicyclic) bond motifs is 2. The molecule has 1 aliphatic carbocycles. The van der Waals surface area contributed by atoms with Crippen molar-refractivity contribution in [2.45, 2.75) is 30.7 Å². The van der Waals surface area contributed by atoms with Gasteiger partial charge in [-0.15, -0.1) is 11.8 Å². The molecule has 1 aromatic heterocycles. The molecule has 1 aliphatic heterocycles. The predicted molar refractivity (Wildman–Crippen MR) is 94.4 cm³/mol. The lowest BCUT2D eigenvalue weighted by atomic mass is 9.90. The third kappa shape index (κ3) is 2.81. The number of nitrogens with zero attached hydrogens (tertiary/aromatic N) is 2. The fourth-order valence-corrected chi connectivity index (χ4v) is 4.27. The zero-order chi connectivity index (χ0) is 15.6. The zero-order valence-corrected chi connectivity index (χ0v) is 13.7. The minimum Gasteiger partial charge on any atom is -0.307 e. The summed E-state index contributed by atoms with van der Waals surface area (Å²) in [5.74, 6) is 0.879. The highest BCUT2D eigenvalue weighted by molar-refractivity contribution is 7.99. The molecule has 0 saturated heterocycles. The van der Waals surface area contributed by atoms with Gasteiger partial charge in [0.2, 0.25) is 0 Å². The van der Waals surface area contributed by atoms with E-state index in [-0.39, 0.29) is 6.03 Å². The van der Waals surface area contributed by atoms with Gasteiger partial charge in [0.25, 0.3) is 0 Å². The van der Waals surface area contributed by atoms with Crippen molar-refractivity contribution >= 4 is 29.2 Å². The Kier molecular flexibility index (Phi) is 3.95. The summed E-state index contributed by atoms with van der Waals surface area (Å²) >= 11 is 1.71. The Bertz CT molecular complexity index is 747. The van der Waals surface area contributed by atoms with Gasteiger partial charge in [-0.3, -0.25) is 4.90 Å². The molecule has 2 amide bonds. The maximum Gasteiger partial charge on any atom is 0.326 e. The highest BCUT2D eigenvalue weighted by Gasteiger charge is 2.24. The Morgan fingerprint density at radius 1 is 1.17 bits per heavy atom. The molecule has 0 spiro atoms. The molecule has 1 N–H and O–H groups in total. The van der Waals surface area contributed by atoms with Crippen molar-refractivity contribution in [2.75, 3.05) is 22.5 Å². The molecule has 0 unspecified atom stereocenters. The SMILES string of the molecule is O=C(Nc1cccc2c1CCCC2)N1CCSc2ncccc21. The third-order valence-electron chi connectivity index (χ3n) is 4.48. The lowest BCUT2D eigenvalue weighted by Crippen LogP contribution is -2.39. The van der Waals surface area contributed by atoms with E-state index in [1.165, 1.54) is 24.0 Å². The first-order chi connectivity index (χ1) is 11.3. The molecule has 4 rings (SSSR count). The maximum absolute atomic E-state index is 12.8. The van der Waals surface area contributed by atoms with Crippen LogP contribution in [0.1, 0.15) is 24.0 Å². The Balaban J connectivity index is 1.60. The number of thioether (sulfide) groups is 1. The number of hydrogen-bond acceptors (Lipinski definition) is 3. The average molecular weight is 325 g/mol. The van der Waals surface area contributed by atoms with E-state index in [2.05, 4.69) is 16.4 Å². The van der Waals surface area contributed by atoms with Crippen LogP contribution in [0, 0.1) is 0 Å². The van der Waals surface area contributed by atoms with Crippen LogP contribution in [0.2, 0.25) is 0 Å².